The maximum atomic E-state index is 13.1. The van der Waals surface area contributed by atoms with Crippen molar-refractivity contribution in [1.29, 1.82) is 0 Å². The van der Waals surface area contributed by atoms with E-state index < -0.39 is 5.91 Å². The molecule has 0 bridgehead atoms. The molecular formula is C24H23N5O3. The number of benzene rings is 2. The number of amides is 1. The average Bonchev–Trinajstić information content (AvgIpc) is 3.28. The van der Waals surface area contributed by atoms with Gasteiger partial charge in [0.2, 0.25) is 5.82 Å². The average molecular weight is 429 g/mol. The van der Waals surface area contributed by atoms with Crippen LogP contribution in [0.3, 0.4) is 0 Å². The summed E-state index contributed by atoms with van der Waals surface area (Å²) < 4.78 is 6.65. The molecule has 4 rings (SSSR count). The molecule has 32 heavy (non-hydrogen) atoms. The van der Waals surface area contributed by atoms with Crippen LogP contribution < -0.4 is 11.1 Å². The maximum absolute atomic E-state index is 13.1. The molecule has 3 N–H and O–H groups in total. The van der Waals surface area contributed by atoms with Gasteiger partial charge in [-0.15, -0.1) is 5.10 Å². The van der Waals surface area contributed by atoms with Crippen LogP contribution in [-0.4, -0.2) is 33.1 Å². The van der Waals surface area contributed by atoms with E-state index in [1.807, 2.05) is 36.4 Å². The first-order valence-corrected chi connectivity index (χ1v) is 10.3. The fourth-order valence-corrected chi connectivity index (χ4v) is 3.43. The lowest BCUT2D eigenvalue weighted by Crippen LogP contribution is -2.19. The lowest BCUT2D eigenvalue weighted by atomic mass is 10.1. The Morgan fingerprint density at radius 2 is 1.94 bits per heavy atom. The van der Waals surface area contributed by atoms with E-state index in [0.717, 1.165) is 16.6 Å². The zero-order chi connectivity index (χ0) is 22.5. The Balaban J connectivity index is 1.68. The number of fused-ring (bicyclic) bond motifs is 1. The quantitative estimate of drug-likeness (QED) is 0.436. The Kier molecular flexibility index (Phi) is 6.23. The van der Waals surface area contributed by atoms with Gasteiger partial charge in [-0.25, -0.2) is 9.50 Å². The molecule has 0 aliphatic rings. The number of aromatic nitrogens is 3. The second kappa shape index (κ2) is 9.40. The van der Waals surface area contributed by atoms with Gasteiger partial charge >= 0.3 is 5.97 Å². The Bertz CT molecular complexity index is 1280. The third kappa shape index (κ3) is 4.50. The van der Waals surface area contributed by atoms with E-state index in [2.05, 4.69) is 15.4 Å². The van der Waals surface area contributed by atoms with Gasteiger partial charge in [-0.05, 0) is 42.3 Å². The van der Waals surface area contributed by atoms with E-state index in [-0.39, 0.29) is 18.2 Å². The number of hydrogen-bond acceptors (Lipinski definition) is 6. The number of carbonyl (C=O) groups is 2. The number of ether oxygens (including phenoxy) is 1. The molecule has 0 aliphatic heterocycles. The predicted molar refractivity (Wildman–Crippen MR) is 121 cm³/mol. The molecule has 0 fully saturated rings. The monoisotopic (exact) mass is 429 g/mol. The van der Waals surface area contributed by atoms with Crippen molar-refractivity contribution in [2.45, 2.75) is 19.9 Å². The summed E-state index contributed by atoms with van der Waals surface area (Å²) >= 11 is 0. The van der Waals surface area contributed by atoms with E-state index in [9.17, 15) is 9.59 Å². The van der Waals surface area contributed by atoms with Crippen LogP contribution in [0.15, 0.2) is 66.9 Å². The number of anilines is 1. The van der Waals surface area contributed by atoms with Crippen molar-refractivity contribution in [3.8, 4) is 11.3 Å². The van der Waals surface area contributed by atoms with E-state index in [0.29, 0.717) is 30.1 Å². The molecule has 2 aromatic carbocycles. The molecular weight excluding hydrogens is 406 g/mol. The number of para-hydroxylation sites is 1. The van der Waals surface area contributed by atoms with Crippen LogP contribution in [-0.2, 0) is 22.5 Å². The Morgan fingerprint density at radius 1 is 1.09 bits per heavy atom. The molecule has 4 aromatic rings. The number of nitrogens with one attached hydrogen (secondary N) is 1. The standard InChI is InChI=1S/C24H23N5O3/c1-2-32-21(30)14-17-8-3-4-10-19(17)26-24(31)23-27-22(20-11-6-12-29(20)28-23)18-9-5-7-16(13-18)15-25/h3-13H,2,14-15,25H2,1H3,(H,26,31). The van der Waals surface area contributed by atoms with Gasteiger partial charge in [0.1, 0.15) is 0 Å². The molecule has 0 radical (unpaired) electrons. The number of carbonyl (C=O) groups excluding carboxylic acids is 2. The lowest BCUT2D eigenvalue weighted by Gasteiger charge is -2.12. The summed E-state index contributed by atoms with van der Waals surface area (Å²) in [5, 5.41) is 7.18. The molecule has 0 aliphatic carbocycles. The first-order valence-electron chi connectivity index (χ1n) is 10.3. The molecule has 2 heterocycles. The number of rotatable bonds is 7. The molecule has 1 amide bonds. The molecule has 162 valence electrons. The van der Waals surface area contributed by atoms with Gasteiger partial charge in [0.05, 0.1) is 24.2 Å². The zero-order valence-corrected chi connectivity index (χ0v) is 17.6. The molecule has 8 heteroatoms. The van der Waals surface area contributed by atoms with Gasteiger partial charge in [0.25, 0.3) is 5.91 Å². The Hall–Kier alpha value is -4.04. The van der Waals surface area contributed by atoms with Crippen LogP contribution >= 0.6 is 0 Å². The SMILES string of the molecule is CCOC(=O)Cc1ccccc1NC(=O)c1nc(-c2cccc(CN)c2)c2cccn2n1. The first kappa shape index (κ1) is 21.2. The maximum Gasteiger partial charge on any atom is 0.310 e. The minimum atomic E-state index is -0.479. The Labute approximate surface area is 185 Å². The van der Waals surface area contributed by atoms with E-state index in [4.69, 9.17) is 10.5 Å². The van der Waals surface area contributed by atoms with Gasteiger partial charge in [-0.3, -0.25) is 9.59 Å². The van der Waals surface area contributed by atoms with Crippen LogP contribution in [0.2, 0.25) is 0 Å². The number of hydrogen-bond donors (Lipinski definition) is 2. The van der Waals surface area contributed by atoms with Gasteiger partial charge in [-0.1, -0.05) is 36.4 Å². The summed E-state index contributed by atoms with van der Waals surface area (Å²) in [5.41, 5.74) is 10.2. The van der Waals surface area contributed by atoms with Crippen molar-refractivity contribution < 1.29 is 14.3 Å². The topological polar surface area (TPSA) is 112 Å². The normalized spacial score (nSPS) is 10.8. The molecule has 0 atom stereocenters. The fraction of sp³-hybridized carbons (Fsp3) is 0.167. The molecule has 0 saturated heterocycles. The highest BCUT2D eigenvalue weighted by molar-refractivity contribution is 6.02. The van der Waals surface area contributed by atoms with Crippen LogP contribution in [0.4, 0.5) is 5.69 Å². The summed E-state index contributed by atoms with van der Waals surface area (Å²) in [4.78, 5) is 29.5. The highest BCUT2D eigenvalue weighted by Crippen LogP contribution is 2.24. The second-order valence-corrected chi connectivity index (χ2v) is 7.12. The third-order valence-electron chi connectivity index (χ3n) is 4.94. The number of nitrogens with zero attached hydrogens (tertiary/aromatic N) is 3. The summed E-state index contributed by atoms with van der Waals surface area (Å²) in [7, 11) is 0. The number of esters is 1. The minimum absolute atomic E-state index is 0.00721. The van der Waals surface area contributed by atoms with Crippen molar-refractivity contribution >= 4 is 23.1 Å². The second-order valence-electron chi connectivity index (χ2n) is 7.12. The summed E-state index contributed by atoms with van der Waals surface area (Å²) in [6.45, 7) is 2.45. The molecule has 2 aromatic heterocycles. The van der Waals surface area contributed by atoms with Gasteiger partial charge in [0.15, 0.2) is 0 Å². The van der Waals surface area contributed by atoms with Crippen LogP contribution in [0, 0.1) is 0 Å². The third-order valence-corrected chi connectivity index (χ3v) is 4.94. The van der Waals surface area contributed by atoms with Crippen molar-refractivity contribution in [1.82, 2.24) is 14.6 Å². The lowest BCUT2D eigenvalue weighted by molar-refractivity contribution is -0.142. The van der Waals surface area contributed by atoms with Gasteiger partial charge in [0, 0.05) is 24.0 Å². The molecule has 0 spiro atoms. The van der Waals surface area contributed by atoms with Crippen LogP contribution in [0.1, 0.15) is 28.7 Å². The highest BCUT2D eigenvalue weighted by Gasteiger charge is 2.18. The van der Waals surface area contributed by atoms with Crippen molar-refractivity contribution in [2.24, 2.45) is 5.73 Å². The van der Waals surface area contributed by atoms with Gasteiger partial charge < -0.3 is 15.8 Å². The van der Waals surface area contributed by atoms with E-state index in [1.54, 1.807) is 41.9 Å². The summed E-state index contributed by atoms with van der Waals surface area (Å²) in [5.74, 6) is -0.831. The van der Waals surface area contributed by atoms with Crippen LogP contribution in [0.5, 0.6) is 0 Å². The summed E-state index contributed by atoms with van der Waals surface area (Å²) in [6.07, 6.45) is 1.82. The number of nitrogens with two attached hydrogens (primary N) is 1. The molecule has 8 nitrogen and oxygen atoms in total. The van der Waals surface area contributed by atoms with Gasteiger partial charge in [-0.2, -0.15) is 0 Å². The minimum Gasteiger partial charge on any atom is -0.466 e. The molecule has 0 unspecified atom stereocenters. The first-order chi connectivity index (χ1) is 15.6. The summed E-state index contributed by atoms with van der Waals surface area (Å²) in [6, 6.07) is 18.5. The smallest absolute Gasteiger partial charge is 0.310 e. The molecule has 0 saturated carbocycles. The van der Waals surface area contributed by atoms with Crippen molar-refractivity contribution in [2.75, 3.05) is 11.9 Å². The fourth-order valence-electron chi connectivity index (χ4n) is 3.43. The highest BCUT2D eigenvalue weighted by atomic mass is 16.5. The van der Waals surface area contributed by atoms with Crippen molar-refractivity contribution in [3.63, 3.8) is 0 Å². The van der Waals surface area contributed by atoms with Crippen molar-refractivity contribution in [3.05, 3.63) is 83.8 Å². The van der Waals surface area contributed by atoms with Crippen LogP contribution in [0.25, 0.3) is 16.8 Å². The van der Waals surface area contributed by atoms with E-state index in [1.165, 1.54) is 0 Å². The Morgan fingerprint density at radius 3 is 2.75 bits per heavy atom. The largest absolute Gasteiger partial charge is 0.466 e. The zero-order valence-electron chi connectivity index (χ0n) is 17.6. The van der Waals surface area contributed by atoms with E-state index >= 15 is 0 Å². The predicted octanol–water partition coefficient (Wildman–Crippen LogP) is 3.21.